The van der Waals surface area contributed by atoms with E-state index in [1.54, 1.807) is 6.20 Å². The first-order valence-corrected chi connectivity index (χ1v) is 14.7. The van der Waals surface area contributed by atoms with Gasteiger partial charge in [0.2, 0.25) is 0 Å². The van der Waals surface area contributed by atoms with Crippen LogP contribution in [0.3, 0.4) is 0 Å². The van der Waals surface area contributed by atoms with Crippen LogP contribution in [0, 0.1) is 6.92 Å². The minimum Gasteiger partial charge on any atom is -0.353 e. The van der Waals surface area contributed by atoms with Gasteiger partial charge in [-0.15, -0.1) is 12.4 Å². The predicted octanol–water partition coefficient (Wildman–Crippen LogP) is 5.12. The van der Waals surface area contributed by atoms with Crippen molar-refractivity contribution in [1.82, 2.24) is 19.4 Å². The minimum absolute atomic E-state index is 0. The number of aryl methyl sites for hydroxylation is 2. The Kier molecular flexibility index (Phi) is 8.38. The molecule has 0 unspecified atom stereocenters. The molecule has 2 amide bonds. The number of rotatable bonds is 4. The van der Waals surface area contributed by atoms with E-state index in [0.29, 0.717) is 31.7 Å². The number of halogens is 1. The Morgan fingerprint density at radius 3 is 2.20 bits per heavy atom. The average Bonchev–Trinajstić information content (AvgIpc) is 3.28. The van der Waals surface area contributed by atoms with Gasteiger partial charge in [0.25, 0.3) is 11.8 Å². The Balaban J connectivity index is 0.00000323. The number of thioether (sulfide) groups is 1. The van der Waals surface area contributed by atoms with Crippen molar-refractivity contribution in [3.8, 4) is 11.3 Å². The third-order valence-electron chi connectivity index (χ3n) is 7.80. The summed E-state index contributed by atoms with van der Waals surface area (Å²) in [6.45, 7) is 6.28. The fourth-order valence-corrected chi connectivity index (χ4v) is 6.56. The van der Waals surface area contributed by atoms with Crippen molar-refractivity contribution < 1.29 is 9.59 Å². The molecular weight excluding hydrogens is 542 g/mol. The van der Waals surface area contributed by atoms with Crippen LogP contribution in [-0.4, -0.2) is 81.9 Å². The number of hydrogen-bond acceptors (Lipinski definition) is 5. The van der Waals surface area contributed by atoms with Crippen LogP contribution in [0.5, 0.6) is 0 Å². The fourth-order valence-electron chi connectivity index (χ4n) is 5.65. The van der Waals surface area contributed by atoms with Gasteiger partial charge in [-0.2, -0.15) is 11.8 Å². The quantitative estimate of drug-likeness (QED) is 0.338. The molecule has 0 bridgehead atoms. The highest BCUT2D eigenvalue weighted by Gasteiger charge is 2.29. The third-order valence-corrected chi connectivity index (χ3v) is 8.74. The summed E-state index contributed by atoms with van der Waals surface area (Å²) in [5, 5.41) is 0.998. The molecule has 0 aliphatic carbocycles. The zero-order chi connectivity index (χ0) is 26.9. The van der Waals surface area contributed by atoms with Crippen LogP contribution in [0.2, 0.25) is 0 Å². The largest absolute Gasteiger partial charge is 0.353 e. The van der Waals surface area contributed by atoms with E-state index in [1.165, 1.54) is 0 Å². The SMILES string of the molecule is Cc1ccc2c(c1)c(C(=O)N1CCN(c3ccc(C(=O)N4CCSCC4)cn3)CC1)c(-c1ccccc1)n2C.Cl. The lowest BCUT2D eigenvalue weighted by molar-refractivity contribution is 0.0746. The van der Waals surface area contributed by atoms with Crippen molar-refractivity contribution in [3.63, 3.8) is 0 Å². The number of amides is 2. The first kappa shape index (κ1) is 28.1. The summed E-state index contributed by atoms with van der Waals surface area (Å²) < 4.78 is 2.14. The first-order chi connectivity index (χ1) is 19.0. The zero-order valence-corrected chi connectivity index (χ0v) is 24.5. The molecule has 0 spiro atoms. The molecule has 7 nitrogen and oxygen atoms in total. The summed E-state index contributed by atoms with van der Waals surface area (Å²) in [6, 6.07) is 20.3. The highest BCUT2D eigenvalue weighted by atomic mass is 35.5. The molecule has 4 aromatic rings. The molecule has 0 atom stereocenters. The van der Waals surface area contributed by atoms with Crippen LogP contribution in [-0.2, 0) is 7.05 Å². The van der Waals surface area contributed by atoms with Crippen LogP contribution in [0.1, 0.15) is 26.3 Å². The second-order valence-electron chi connectivity index (χ2n) is 10.3. The van der Waals surface area contributed by atoms with Crippen molar-refractivity contribution in [2.45, 2.75) is 6.92 Å². The molecule has 0 saturated carbocycles. The second-order valence-corrected chi connectivity index (χ2v) is 11.5. The maximum Gasteiger partial charge on any atom is 0.256 e. The second kappa shape index (κ2) is 11.9. The number of carbonyl (C=O) groups is 2. The van der Waals surface area contributed by atoms with Gasteiger partial charge in [0.1, 0.15) is 5.82 Å². The number of anilines is 1. The zero-order valence-electron chi connectivity index (χ0n) is 22.9. The van der Waals surface area contributed by atoms with Gasteiger partial charge in [-0.3, -0.25) is 9.59 Å². The van der Waals surface area contributed by atoms with Gasteiger partial charge in [0.05, 0.1) is 16.8 Å². The molecule has 2 aromatic carbocycles. The number of nitrogens with zero attached hydrogens (tertiary/aromatic N) is 5. The highest BCUT2D eigenvalue weighted by Crippen LogP contribution is 2.35. The summed E-state index contributed by atoms with van der Waals surface area (Å²) in [6.07, 6.45) is 1.70. The Morgan fingerprint density at radius 2 is 1.52 bits per heavy atom. The summed E-state index contributed by atoms with van der Waals surface area (Å²) in [5.74, 6) is 2.96. The molecule has 2 aliphatic heterocycles. The third kappa shape index (κ3) is 5.30. The van der Waals surface area contributed by atoms with Crippen LogP contribution >= 0.6 is 24.2 Å². The molecule has 2 aromatic heterocycles. The molecule has 2 fully saturated rings. The van der Waals surface area contributed by atoms with Gasteiger partial charge in [-0.05, 0) is 36.8 Å². The van der Waals surface area contributed by atoms with Gasteiger partial charge in [-0.25, -0.2) is 4.98 Å². The van der Waals surface area contributed by atoms with E-state index in [1.807, 2.05) is 58.9 Å². The van der Waals surface area contributed by atoms with Crippen molar-refractivity contribution in [2.75, 3.05) is 55.7 Å². The number of benzene rings is 2. The highest BCUT2D eigenvalue weighted by molar-refractivity contribution is 7.99. The normalized spacial score (nSPS) is 15.7. The van der Waals surface area contributed by atoms with Gasteiger partial charge in [-0.1, -0.05) is 42.0 Å². The summed E-state index contributed by atoms with van der Waals surface area (Å²) in [5.41, 5.74) is 5.60. The Bertz CT molecular complexity index is 1510. The van der Waals surface area contributed by atoms with Gasteiger partial charge >= 0.3 is 0 Å². The number of hydrogen-bond donors (Lipinski definition) is 0. The van der Waals surface area contributed by atoms with E-state index in [2.05, 4.69) is 51.7 Å². The number of carbonyl (C=O) groups excluding carboxylic acids is 2. The van der Waals surface area contributed by atoms with Crippen LogP contribution < -0.4 is 4.90 Å². The summed E-state index contributed by atoms with van der Waals surface area (Å²) >= 11 is 1.89. The lowest BCUT2D eigenvalue weighted by Gasteiger charge is -2.35. The van der Waals surface area contributed by atoms with Crippen LogP contribution in [0.15, 0.2) is 66.9 Å². The van der Waals surface area contributed by atoms with Gasteiger partial charge < -0.3 is 19.3 Å². The molecule has 0 N–H and O–H groups in total. The first-order valence-electron chi connectivity index (χ1n) is 13.5. The number of aromatic nitrogens is 2. The molecule has 0 radical (unpaired) electrons. The predicted molar refractivity (Wildman–Crippen MR) is 166 cm³/mol. The van der Waals surface area contributed by atoms with Crippen molar-refractivity contribution in [2.24, 2.45) is 7.05 Å². The molecule has 6 rings (SSSR count). The topological polar surface area (TPSA) is 61.7 Å². The van der Waals surface area contributed by atoms with Crippen LogP contribution in [0.25, 0.3) is 22.2 Å². The number of pyridine rings is 1. The number of piperazine rings is 1. The van der Waals surface area contributed by atoms with E-state index < -0.39 is 0 Å². The summed E-state index contributed by atoms with van der Waals surface area (Å²) in [7, 11) is 2.04. The molecule has 2 saturated heterocycles. The van der Waals surface area contributed by atoms with E-state index in [-0.39, 0.29) is 24.2 Å². The van der Waals surface area contributed by atoms with Gasteiger partial charge in [0, 0.05) is 74.9 Å². The Hall–Kier alpha value is -3.49. The summed E-state index contributed by atoms with van der Waals surface area (Å²) in [4.78, 5) is 37.6. The standard InChI is InChI=1S/C31H33N5O2S.ClH/c1-22-8-10-26-25(20-22)28(29(33(26)2)23-6-4-3-5-7-23)31(38)35-14-12-34(13-15-35)27-11-9-24(21-32-27)30(37)36-16-18-39-19-17-36;/h3-11,20-21H,12-19H2,1-2H3;1H. The van der Waals surface area contributed by atoms with E-state index in [4.69, 9.17) is 0 Å². The minimum atomic E-state index is 0. The lowest BCUT2D eigenvalue weighted by atomic mass is 10.0. The van der Waals surface area contributed by atoms with Crippen molar-refractivity contribution in [1.29, 1.82) is 0 Å². The number of fused-ring (bicyclic) bond motifs is 1. The molecule has 9 heteroatoms. The maximum absolute atomic E-state index is 14.1. The molecule has 4 heterocycles. The molecular formula is C31H34ClN5O2S. The molecule has 40 heavy (non-hydrogen) atoms. The Labute approximate surface area is 245 Å². The van der Waals surface area contributed by atoms with Crippen LogP contribution in [0.4, 0.5) is 5.82 Å². The monoisotopic (exact) mass is 575 g/mol. The average molecular weight is 576 g/mol. The van der Waals surface area contributed by atoms with Gasteiger partial charge in [0.15, 0.2) is 0 Å². The van der Waals surface area contributed by atoms with E-state index in [0.717, 1.165) is 63.7 Å². The smallest absolute Gasteiger partial charge is 0.256 e. The Morgan fingerprint density at radius 1 is 0.825 bits per heavy atom. The van der Waals surface area contributed by atoms with Crippen molar-refractivity contribution in [3.05, 3.63) is 83.6 Å². The van der Waals surface area contributed by atoms with Crippen molar-refractivity contribution >= 4 is 52.7 Å². The maximum atomic E-state index is 14.1. The molecule has 208 valence electrons. The molecule has 2 aliphatic rings. The van der Waals surface area contributed by atoms with E-state index >= 15 is 0 Å². The lowest BCUT2D eigenvalue weighted by Crippen LogP contribution is -2.49. The van der Waals surface area contributed by atoms with E-state index in [9.17, 15) is 9.59 Å². The fraction of sp³-hybridized carbons (Fsp3) is 0.323.